The van der Waals surface area contributed by atoms with Crippen LogP contribution in [0.3, 0.4) is 0 Å². The smallest absolute Gasteiger partial charge is 0.205 e. The van der Waals surface area contributed by atoms with Crippen LogP contribution < -0.4 is 0 Å². The molecule has 31 heteroatoms. The van der Waals surface area contributed by atoms with Crippen LogP contribution in [-0.4, -0.2) is 153 Å². The Morgan fingerprint density at radius 1 is 0.111 bits per heavy atom. The molecule has 1 heterocycles. The van der Waals surface area contributed by atoms with Crippen molar-refractivity contribution >= 4 is 75.8 Å². The van der Waals surface area contributed by atoms with Crippen LogP contribution in [0.1, 0.15) is 0 Å². The summed E-state index contributed by atoms with van der Waals surface area (Å²) in [7, 11) is 0. The minimum absolute atomic E-state index is 1.01. The highest BCUT2D eigenvalue weighted by Crippen LogP contribution is 2.71. The van der Waals surface area contributed by atoms with Gasteiger partial charge in [-0.1, -0.05) is 0 Å². The Hall–Kier alpha value is -12.7. The summed E-state index contributed by atoms with van der Waals surface area (Å²) >= 11 is 0. The molecule has 0 radical (unpaired) electrons. The largest absolute Gasteiger partial charge is 0.506 e. The lowest BCUT2D eigenvalue weighted by Gasteiger charge is -2.25. The second kappa shape index (κ2) is 15.5. The molecule has 0 aliphatic rings. The average molecular weight is 1130 g/mol. The summed E-state index contributed by atoms with van der Waals surface area (Å²) < 4.78 is 5.57. The van der Waals surface area contributed by atoms with Crippen molar-refractivity contribution in [3.63, 3.8) is 0 Å². The molecule has 10 aromatic carbocycles. The van der Waals surface area contributed by atoms with Crippen LogP contribution >= 0.6 is 0 Å². The zero-order valence-electron chi connectivity index (χ0n) is 38.8. The zero-order valence-corrected chi connectivity index (χ0v) is 38.8. The third-order valence-corrected chi connectivity index (χ3v) is 14.1. The quantitative estimate of drug-likeness (QED) is 0.0448. The topological polar surface area (TPSA) is 620 Å². The molecule has 1 aromatic heterocycles. The lowest BCUT2D eigenvalue weighted by atomic mass is 9.81. The van der Waals surface area contributed by atoms with Gasteiger partial charge in [-0.3, -0.25) is 0 Å². The fraction of sp³-hybridized carbons (Fsp3) is 0. The number of hydrogen-bond acceptors (Lipinski definition) is 31. The van der Waals surface area contributed by atoms with Crippen LogP contribution in [0.4, 0.5) is 0 Å². The van der Waals surface area contributed by atoms with Crippen LogP contribution in [0.5, 0.6) is 172 Å². The minimum Gasteiger partial charge on any atom is -0.506 e. The van der Waals surface area contributed by atoms with Crippen molar-refractivity contribution in [2.75, 3.05) is 0 Å². The Labute approximate surface area is 438 Å². The first-order chi connectivity index (χ1) is 37.8. The highest BCUT2D eigenvalue weighted by Gasteiger charge is 2.42. The second-order valence-electron chi connectivity index (χ2n) is 18.0. The Morgan fingerprint density at radius 3 is 0.691 bits per heavy atom. The summed E-state index contributed by atoms with van der Waals surface area (Å²) in [6, 6.07) is 0. The maximum atomic E-state index is 12.6. The maximum absolute atomic E-state index is 12.6. The SMILES string of the molecule is Oc1c(O)c(-c2c3c(O)c(O)c(O)c(O)c3c(-c3c(O)c(O)c4oc5c6c(O)c(O)c(O)c(O)c6c(O)c(O)c5c4c3O)c3c(O)c(O)c(O)c(O)c23)c(O)c(-c2c(O)c3c(O)c(O)c(O)c(O)c3c3c(O)c(O)c(O)c(O)c23)c1O. The van der Waals surface area contributed by atoms with E-state index in [1.807, 2.05) is 0 Å². The van der Waals surface area contributed by atoms with Crippen molar-refractivity contribution in [1.82, 2.24) is 0 Å². The van der Waals surface area contributed by atoms with Crippen LogP contribution in [0.2, 0.25) is 0 Å². The Kier molecular flexibility index (Phi) is 9.63. The van der Waals surface area contributed by atoms with Crippen LogP contribution in [-0.2, 0) is 0 Å². The molecule has 11 aromatic rings. The van der Waals surface area contributed by atoms with Gasteiger partial charge in [0.25, 0.3) is 0 Å². The van der Waals surface area contributed by atoms with Crippen molar-refractivity contribution in [3.05, 3.63) is 0 Å². The van der Waals surface area contributed by atoms with Crippen molar-refractivity contribution < 1.29 is 158 Å². The lowest BCUT2D eigenvalue weighted by Crippen LogP contribution is -1.97. The van der Waals surface area contributed by atoms with Gasteiger partial charge in [-0.15, -0.1) is 0 Å². The summed E-state index contributed by atoms with van der Waals surface area (Å²) in [5.41, 5.74) is -11.8. The van der Waals surface area contributed by atoms with E-state index in [1.165, 1.54) is 0 Å². The highest BCUT2D eigenvalue weighted by atomic mass is 16.4. The van der Waals surface area contributed by atoms with E-state index < -0.39 is 282 Å². The van der Waals surface area contributed by atoms with Gasteiger partial charge in [0.2, 0.25) is 69.0 Å². The van der Waals surface area contributed by atoms with Crippen LogP contribution in [0.25, 0.3) is 109 Å². The first-order valence-electron chi connectivity index (χ1n) is 21.9. The highest BCUT2D eigenvalue weighted by molar-refractivity contribution is 6.34. The fourth-order valence-electron chi connectivity index (χ4n) is 10.4. The molecule has 0 saturated heterocycles. The molecule has 416 valence electrons. The molecule has 0 aliphatic carbocycles. The number of furan rings is 1. The van der Waals surface area contributed by atoms with Gasteiger partial charge in [0.05, 0.1) is 43.6 Å². The van der Waals surface area contributed by atoms with Crippen LogP contribution in [0.15, 0.2) is 4.42 Å². The number of rotatable bonds is 3. The van der Waals surface area contributed by atoms with Gasteiger partial charge in [0, 0.05) is 54.4 Å². The molecule has 0 atom stereocenters. The van der Waals surface area contributed by atoms with E-state index in [2.05, 4.69) is 0 Å². The van der Waals surface area contributed by atoms with Gasteiger partial charge < -0.3 is 158 Å². The van der Waals surface area contributed by atoms with E-state index >= 15 is 0 Å². The number of hydrogen-bond donors (Lipinski definition) is 30. The molecule has 81 heavy (non-hydrogen) atoms. The molecule has 11 rings (SSSR count). The van der Waals surface area contributed by atoms with E-state index in [0.717, 1.165) is 0 Å². The fourth-order valence-corrected chi connectivity index (χ4v) is 10.4. The maximum Gasteiger partial charge on any atom is 0.205 e. The number of aromatic hydroxyl groups is 30. The third-order valence-electron chi connectivity index (χ3n) is 14.1. The Balaban J connectivity index is 1.41. The minimum atomic E-state index is -1.98. The molecule has 0 unspecified atom stereocenters. The summed E-state index contributed by atoms with van der Waals surface area (Å²) in [5, 5.41) is 325. The standard InChI is InChI=1S/C50H30O31/c51-19-9(7-8(27(59)43(75)42(74)26(7)58)10-14(19)32(64)45(77)44(76)28(10)60)13-20(52)11(30(62)37(69)31(13)63)1-3-5(24(56)40(72)38(70)22(3)54)2(6-4(1)23(55)39(71)41(73)25(6)57)12-21(53)17-18-35(67)29(61)15-16(36(68)47(79)46(78)33(15)65)49(18)81-50(17)48(80)34(12)66/h51-80H. The van der Waals surface area contributed by atoms with E-state index in [9.17, 15) is 153 Å². The molecular weight excluding hydrogens is 1100 g/mol. The Bertz CT molecular complexity index is 4840. The van der Waals surface area contributed by atoms with Crippen molar-refractivity contribution in [2.24, 2.45) is 0 Å². The van der Waals surface area contributed by atoms with E-state index in [0.29, 0.717) is 0 Å². The summed E-state index contributed by atoms with van der Waals surface area (Å²) in [6.07, 6.45) is 0. The molecule has 0 saturated carbocycles. The van der Waals surface area contributed by atoms with Gasteiger partial charge in [-0.2, -0.15) is 0 Å². The second-order valence-corrected chi connectivity index (χ2v) is 18.0. The van der Waals surface area contributed by atoms with Gasteiger partial charge >= 0.3 is 0 Å². The third kappa shape index (κ3) is 5.55. The molecule has 31 nitrogen and oxygen atoms in total. The zero-order chi connectivity index (χ0) is 59.6. The predicted octanol–water partition coefficient (Wildman–Crippen LogP) is 5.52. The molecule has 0 fully saturated rings. The van der Waals surface area contributed by atoms with E-state index in [4.69, 9.17) is 4.42 Å². The normalized spacial score (nSPS) is 12.0. The number of fused-ring (bicyclic) bond motifs is 10. The van der Waals surface area contributed by atoms with E-state index in [1.54, 1.807) is 0 Å². The first kappa shape index (κ1) is 50.5. The van der Waals surface area contributed by atoms with Gasteiger partial charge in [0.1, 0.15) is 17.2 Å². The number of benzene rings is 10. The summed E-state index contributed by atoms with van der Waals surface area (Å²) in [4.78, 5) is 0. The summed E-state index contributed by atoms with van der Waals surface area (Å²) in [6.45, 7) is 0. The molecule has 30 N–H and O–H groups in total. The molecule has 0 spiro atoms. The lowest BCUT2D eigenvalue weighted by molar-refractivity contribution is 0.348. The van der Waals surface area contributed by atoms with Crippen molar-refractivity contribution in [1.29, 1.82) is 0 Å². The van der Waals surface area contributed by atoms with Gasteiger partial charge in [0.15, 0.2) is 97.4 Å². The molecule has 0 aliphatic heterocycles. The van der Waals surface area contributed by atoms with Gasteiger partial charge in [-0.25, -0.2) is 0 Å². The van der Waals surface area contributed by atoms with Crippen molar-refractivity contribution in [2.45, 2.75) is 0 Å². The molecular formula is C50H30O31. The predicted molar refractivity (Wildman–Crippen MR) is 268 cm³/mol. The van der Waals surface area contributed by atoms with Crippen LogP contribution in [0, 0.1) is 0 Å². The monoisotopic (exact) mass is 1130 g/mol. The van der Waals surface area contributed by atoms with Crippen molar-refractivity contribution in [3.8, 4) is 206 Å². The number of phenolic OH excluding ortho intramolecular Hbond substituents is 30. The summed E-state index contributed by atoms with van der Waals surface area (Å²) in [5.74, 6) is -51.6. The average Bonchev–Trinajstić information content (AvgIpc) is 2.25. The molecule has 0 bridgehead atoms. The Morgan fingerprint density at radius 2 is 0.309 bits per heavy atom. The van der Waals surface area contributed by atoms with Gasteiger partial charge in [-0.05, 0) is 0 Å². The van der Waals surface area contributed by atoms with E-state index in [-0.39, 0.29) is 0 Å². The molecule has 0 amide bonds. The first-order valence-corrected chi connectivity index (χ1v) is 21.9. The number of phenols is 30.